The van der Waals surface area contributed by atoms with E-state index in [1.54, 1.807) is 0 Å². The van der Waals surface area contributed by atoms with Crippen LogP contribution in [0, 0.1) is 0 Å². The predicted molar refractivity (Wildman–Crippen MR) is 35.4 cm³/mol. The van der Waals surface area contributed by atoms with Crippen molar-refractivity contribution in [3.05, 3.63) is 0 Å². The smallest absolute Gasteiger partial charge is 0.219 e. The second-order valence-corrected chi connectivity index (χ2v) is 2.69. The lowest BCUT2D eigenvalue weighted by molar-refractivity contribution is -0.310. The lowest BCUT2D eigenvalue weighted by atomic mass is 10.2. The number of likely N-dealkylation sites (tertiary alicyclic amines) is 1. The average Bonchev–Trinajstić information content (AvgIpc) is 2.32. The molecule has 62 valence electrons. The van der Waals surface area contributed by atoms with Gasteiger partial charge in [0.1, 0.15) is 0 Å². The summed E-state index contributed by atoms with van der Waals surface area (Å²) in [6.45, 7) is 1.93. The molecule has 0 aromatic rings. The minimum atomic E-state index is -1.14. The molecular weight excluding hydrogens is 146 g/mol. The molecule has 0 spiro atoms. The Hall–Kier alpha value is -1.06. The number of amides is 1. The van der Waals surface area contributed by atoms with E-state index < -0.39 is 12.0 Å². The highest BCUT2D eigenvalue weighted by Crippen LogP contribution is 2.15. The lowest BCUT2D eigenvalue weighted by Crippen LogP contribution is -2.46. The van der Waals surface area contributed by atoms with E-state index >= 15 is 0 Å². The predicted octanol–water partition coefficient (Wildman–Crippen LogP) is -1.25. The number of carbonyl (C=O) groups is 2. The maximum atomic E-state index is 10.8. The van der Waals surface area contributed by atoms with Crippen LogP contribution in [0.15, 0.2) is 0 Å². The van der Waals surface area contributed by atoms with Gasteiger partial charge in [-0.3, -0.25) is 4.79 Å². The molecule has 4 nitrogen and oxygen atoms in total. The van der Waals surface area contributed by atoms with Crippen LogP contribution in [0.3, 0.4) is 0 Å². The van der Waals surface area contributed by atoms with Crippen molar-refractivity contribution in [1.29, 1.82) is 0 Å². The normalized spacial score (nSPS) is 23.7. The second kappa shape index (κ2) is 2.90. The molecule has 11 heavy (non-hydrogen) atoms. The molecule has 0 saturated carbocycles. The van der Waals surface area contributed by atoms with Gasteiger partial charge in [0.2, 0.25) is 5.91 Å². The summed E-state index contributed by atoms with van der Waals surface area (Å²) in [5.41, 5.74) is 0. The van der Waals surface area contributed by atoms with Crippen LogP contribution >= 0.6 is 0 Å². The zero-order chi connectivity index (χ0) is 8.43. The highest BCUT2D eigenvalue weighted by Gasteiger charge is 2.26. The Labute approximate surface area is 64.8 Å². The molecular formula is C7H10NO3-. The summed E-state index contributed by atoms with van der Waals surface area (Å²) in [6.07, 6.45) is 1.29. The molecule has 4 heteroatoms. The first-order chi connectivity index (χ1) is 5.13. The van der Waals surface area contributed by atoms with E-state index in [0.29, 0.717) is 13.0 Å². The SMILES string of the molecule is CC(=O)N1CCCC1C(=O)[O-]. The molecule has 1 unspecified atom stereocenters. The molecule has 1 heterocycles. The molecule has 0 N–H and O–H groups in total. The van der Waals surface area contributed by atoms with Crippen LogP contribution in [0.5, 0.6) is 0 Å². The molecule has 0 bridgehead atoms. The quantitative estimate of drug-likeness (QED) is 0.476. The van der Waals surface area contributed by atoms with Crippen molar-refractivity contribution < 1.29 is 14.7 Å². The van der Waals surface area contributed by atoms with E-state index in [9.17, 15) is 14.7 Å². The van der Waals surface area contributed by atoms with Gasteiger partial charge in [-0.05, 0) is 12.8 Å². The number of carbonyl (C=O) groups excluding carboxylic acids is 2. The fraction of sp³-hybridized carbons (Fsp3) is 0.714. The third-order valence-electron chi connectivity index (χ3n) is 1.93. The van der Waals surface area contributed by atoms with Crippen LogP contribution in [0.1, 0.15) is 19.8 Å². The molecule has 1 aliphatic heterocycles. The van der Waals surface area contributed by atoms with Gasteiger partial charge in [0.25, 0.3) is 0 Å². The van der Waals surface area contributed by atoms with Gasteiger partial charge in [-0.1, -0.05) is 0 Å². The number of hydrogen-bond acceptors (Lipinski definition) is 3. The van der Waals surface area contributed by atoms with Crippen LogP contribution in [0.25, 0.3) is 0 Å². The zero-order valence-corrected chi connectivity index (χ0v) is 6.37. The van der Waals surface area contributed by atoms with Gasteiger partial charge in [0, 0.05) is 13.5 Å². The van der Waals surface area contributed by atoms with Crippen LogP contribution in [-0.2, 0) is 9.59 Å². The van der Waals surface area contributed by atoms with Gasteiger partial charge < -0.3 is 14.8 Å². The monoisotopic (exact) mass is 156 g/mol. The van der Waals surface area contributed by atoms with E-state index in [1.165, 1.54) is 11.8 Å². The topological polar surface area (TPSA) is 60.4 Å². The number of nitrogens with zero attached hydrogens (tertiary/aromatic N) is 1. The average molecular weight is 156 g/mol. The maximum Gasteiger partial charge on any atom is 0.219 e. The van der Waals surface area contributed by atoms with Crippen molar-refractivity contribution in [3.63, 3.8) is 0 Å². The summed E-state index contributed by atoms with van der Waals surface area (Å²) in [5, 5.41) is 10.4. The Bertz CT molecular complexity index is 170. The van der Waals surface area contributed by atoms with Crippen molar-refractivity contribution in [2.45, 2.75) is 25.8 Å². The van der Waals surface area contributed by atoms with Gasteiger partial charge in [0.05, 0.1) is 12.0 Å². The lowest BCUT2D eigenvalue weighted by Gasteiger charge is -2.23. The molecule has 1 saturated heterocycles. The first-order valence-electron chi connectivity index (χ1n) is 3.61. The Morgan fingerprint density at radius 1 is 1.55 bits per heavy atom. The summed E-state index contributed by atoms with van der Waals surface area (Å²) >= 11 is 0. The third kappa shape index (κ3) is 1.50. The van der Waals surface area contributed by atoms with Crippen molar-refractivity contribution in [2.75, 3.05) is 6.54 Å². The first kappa shape index (κ1) is 8.04. The molecule has 1 fully saturated rings. The van der Waals surface area contributed by atoms with Crippen LogP contribution in [0.2, 0.25) is 0 Å². The summed E-state index contributed by atoms with van der Waals surface area (Å²) in [6, 6.07) is -0.688. The number of rotatable bonds is 1. The van der Waals surface area contributed by atoms with Gasteiger partial charge in [0.15, 0.2) is 0 Å². The Morgan fingerprint density at radius 3 is 2.55 bits per heavy atom. The first-order valence-corrected chi connectivity index (χ1v) is 3.61. The van der Waals surface area contributed by atoms with Crippen molar-refractivity contribution in [3.8, 4) is 0 Å². The maximum absolute atomic E-state index is 10.8. The standard InChI is InChI=1S/C7H11NO3/c1-5(9)8-4-2-3-6(8)7(10)11/h6H,2-4H2,1H3,(H,10,11)/p-1. The molecule has 0 aromatic carbocycles. The van der Waals surface area contributed by atoms with Crippen molar-refractivity contribution >= 4 is 11.9 Å². The largest absolute Gasteiger partial charge is 0.548 e. The zero-order valence-electron chi connectivity index (χ0n) is 6.37. The minimum absolute atomic E-state index is 0.184. The molecule has 0 aromatic heterocycles. The molecule has 1 amide bonds. The fourth-order valence-electron chi connectivity index (χ4n) is 1.39. The van der Waals surface area contributed by atoms with Crippen LogP contribution < -0.4 is 5.11 Å². The van der Waals surface area contributed by atoms with Gasteiger partial charge >= 0.3 is 0 Å². The summed E-state index contributed by atoms with van der Waals surface area (Å²) in [7, 11) is 0. The fourth-order valence-corrected chi connectivity index (χ4v) is 1.39. The Balaban J connectivity index is 2.65. The summed E-state index contributed by atoms with van der Waals surface area (Å²) in [5.74, 6) is -1.32. The third-order valence-corrected chi connectivity index (χ3v) is 1.93. The minimum Gasteiger partial charge on any atom is -0.548 e. The van der Waals surface area contributed by atoms with E-state index in [-0.39, 0.29) is 5.91 Å². The van der Waals surface area contributed by atoms with E-state index in [1.807, 2.05) is 0 Å². The second-order valence-electron chi connectivity index (χ2n) is 2.69. The van der Waals surface area contributed by atoms with E-state index in [2.05, 4.69) is 0 Å². The van der Waals surface area contributed by atoms with Crippen molar-refractivity contribution in [1.82, 2.24) is 4.90 Å². The molecule has 1 aliphatic rings. The number of carboxylic acids is 1. The number of hydrogen-bond donors (Lipinski definition) is 0. The summed E-state index contributed by atoms with van der Waals surface area (Å²) in [4.78, 5) is 22.5. The number of carboxylic acid groups (broad SMARTS) is 1. The summed E-state index contributed by atoms with van der Waals surface area (Å²) < 4.78 is 0. The van der Waals surface area contributed by atoms with E-state index in [4.69, 9.17) is 0 Å². The molecule has 1 rings (SSSR count). The van der Waals surface area contributed by atoms with Gasteiger partial charge in [-0.2, -0.15) is 0 Å². The van der Waals surface area contributed by atoms with Crippen LogP contribution in [-0.4, -0.2) is 29.4 Å². The number of aliphatic carboxylic acids is 1. The molecule has 1 atom stereocenters. The Kier molecular flexibility index (Phi) is 2.12. The van der Waals surface area contributed by atoms with Crippen molar-refractivity contribution in [2.24, 2.45) is 0 Å². The highest BCUT2D eigenvalue weighted by atomic mass is 16.4. The molecule has 0 radical (unpaired) electrons. The molecule has 0 aliphatic carbocycles. The van der Waals surface area contributed by atoms with Gasteiger partial charge in [-0.15, -0.1) is 0 Å². The van der Waals surface area contributed by atoms with E-state index in [0.717, 1.165) is 6.42 Å². The Morgan fingerprint density at radius 2 is 2.18 bits per heavy atom. The highest BCUT2D eigenvalue weighted by molar-refractivity contribution is 5.81. The van der Waals surface area contributed by atoms with Crippen LogP contribution in [0.4, 0.5) is 0 Å². The van der Waals surface area contributed by atoms with Gasteiger partial charge in [-0.25, -0.2) is 0 Å².